The first kappa shape index (κ1) is 16.5. The summed E-state index contributed by atoms with van der Waals surface area (Å²) in [5, 5.41) is 4.57. The van der Waals surface area contributed by atoms with Crippen molar-refractivity contribution < 1.29 is 4.74 Å². The Hall–Kier alpha value is -0.850. The lowest BCUT2D eigenvalue weighted by atomic mass is 10.2. The molecule has 0 spiro atoms. The highest BCUT2D eigenvalue weighted by Crippen LogP contribution is 2.27. The van der Waals surface area contributed by atoms with Crippen LogP contribution in [0.1, 0.15) is 30.8 Å². The van der Waals surface area contributed by atoms with Crippen molar-refractivity contribution in [2.24, 2.45) is 5.73 Å². The van der Waals surface area contributed by atoms with E-state index in [-0.39, 0.29) is 0 Å². The molecule has 0 saturated carbocycles. The monoisotopic (exact) mass is 415 g/mol. The molecular weight excluding hydrogens is 398 g/mol. The molecule has 1 aromatic heterocycles. The average Bonchev–Trinajstić information content (AvgIpc) is 2.81. The first-order chi connectivity index (χ1) is 10.1. The molecule has 4 nitrogen and oxygen atoms in total. The molecule has 6 heteroatoms. The topological polar surface area (TPSA) is 53.1 Å². The van der Waals surface area contributed by atoms with Crippen molar-refractivity contribution in [2.45, 2.75) is 40.0 Å². The SMILES string of the molecule is CCc1nn(CC)c(COc2ccc(Br)cc2CN)c1Br. The molecule has 0 aliphatic rings. The van der Waals surface area contributed by atoms with E-state index in [2.05, 4.69) is 50.8 Å². The Balaban J connectivity index is 2.22. The second kappa shape index (κ2) is 7.42. The van der Waals surface area contributed by atoms with E-state index in [1.807, 2.05) is 22.9 Å². The van der Waals surface area contributed by atoms with Crippen LogP contribution >= 0.6 is 31.9 Å². The lowest BCUT2D eigenvalue weighted by molar-refractivity contribution is 0.288. The highest BCUT2D eigenvalue weighted by Gasteiger charge is 2.15. The fourth-order valence-electron chi connectivity index (χ4n) is 2.15. The van der Waals surface area contributed by atoms with E-state index < -0.39 is 0 Å². The smallest absolute Gasteiger partial charge is 0.131 e. The Labute approximate surface area is 141 Å². The summed E-state index contributed by atoms with van der Waals surface area (Å²) in [5.41, 5.74) is 8.87. The first-order valence-electron chi connectivity index (χ1n) is 6.96. The number of hydrogen-bond donors (Lipinski definition) is 1. The van der Waals surface area contributed by atoms with Gasteiger partial charge in [-0.25, -0.2) is 0 Å². The maximum Gasteiger partial charge on any atom is 0.131 e. The molecule has 0 aliphatic carbocycles. The zero-order chi connectivity index (χ0) is 15.4. The van der Waals surface area contributed by atoms with Crippen LogP contribution < -0.4 is 10.5 Å². The van der Waals surface area contributed by atoms with E-state index >= 15 is 0 Å². The van der Waals surface area contributed by atoms with Crippen LogP contribution in [0.2, 0.25) is 0 Å². The zero-order valence-electron chi connectivity index (χ0n) is 12.2. The summed E-state index contributed by atoms with van der Waals surface area (Å²) in [6.45, 7) is 5.91. The molecule has 0 amide bonds. The number of nitrogens with zero attached hydrogens (tertiary/aromatic N) is 2. The summed E-state index contributed by atoms with van der Waals surface area (Å²) >= 11 is 7.08. The van der Waals surface area contributed by atoms with Crippen molar-refractivity contribution in [1.82, 2.24) is 9.78 Å². The van der Waals surface area contributed by atoms with Crippen LogP contribution in [0, 0.1) is 0 Å². The average molecular weight is 417 g/mol. The summed E-state index contributed by atoms with van der Waals surface area (Å²) in [6.07, 6.45) is 0.896. The van der Waals surface area contributed by atoms with Gasteiger partial charge < -0.3 is 10.5 Å². The van der Waals surface area contributed by atoms with Crippen LogP contribution in [-0.2, 0) is 26.1 Å². The molecule has 0 radical (unpaired) electrons. The molecule has 21 heavy (non-hydrogen) atoms. The van der Waals surface area contributed by atoms with E-state index in [4.69, 9.17) is 10.5 Å². The van der Waals surface area contributed by atoms with E-state index in [1.54, 1.807) is 0 Å². The lowest BCUT2D eigenvalue weighted by Gasteiger charge is -2.12. The van der Waals surface area contributed by atoms with Gasteiger partial charge in [-0.15, -0.1) is 0 Å². The van der Waals surface area contributed by atoms with Crippen molar-refractivity contribution in [2.75, 3.05) is 0 Å². The maximum absolute atomic E-state index is 5.96. The number of halogens is 2. The third kappa shape index (κ3) is 3.67. The largest absolute Gasteiger partial charge is 0.487 e. The Morgan fingerprint density at radius 2 is 2.05 bits per heavy atom. The van der Waals surface area contributed by atoms with Gasteiger partial charge in [0.2, 0.25) is 0 Å². The van der Waals surface area contributed by atoms with Gasteiger partial charge in [0.15, 0.2) is 0 Å². The predicted octanol–water partition coefficient (Wildman–Crippen LogP) is 4.03. The molecule has 114 valence electrons. The van der Waals surface area contributed by atoms with Gasteiger partial charge in [-0.1, -0.05) is 22.9 Å². The van der Waals surface area contributed by atoms with Crippen molar-refractivity contribution in [3.63, 3.8) is 0 Å². The second-order valence-corrected chi connectivity index (χ2v) is 6.33. The summed E-state index contributed by atoms with van der Waals surface area (Å²) in [7, 11) is 0. The van der Waals surface area contributed by atoms with Gasteiger partial charge in [0.05, 0.1) is 15.9 Å². The van der Waals surface area contributed by atoms with Crippen molar-refractivity contribution >= 4 is 31.9 Å². The van der Waals surface area contributed by atoms with Gasteiger partial charge >= 0.3 is 0 Å². The molecule has 1 heterocycles. The lowest BCUT2D eigenvalue weighted by Crippen LogP contribution is -2.08. The van der Waals surface area contributed by atoms with Crippen molar-refractivity contribution in [3.8, 4) is 5.75 Å². The van der Waals surface area contributed by atoms with Crippen LogP contribution in [-0.4, -0.2) is 9.78 Å². The van der Waals surface area contributed by atoms with E-state index in [0.29, 0.717) is 13.2 Å². The Morgan fingerprint density at radius 1 is 1.29 bits per heavy atom. The third-order valence-electron chi connectivity index (χ3n) is 3.30. The fraction of sp³-hybridized carbons (Fsp3) is 0.400. The minimum absolute atomic E-state index is 0.448. The highest BCUT2D eigenvalue weighted by molar-refractivity contribution is 9.10. The minimum atomic E-state index is 0.448. The molecule has 1 aromatic carbocycles. The van der Waals surface area contributed by atoms with Gasteiger partial charge in [0.1, 0.15) is 12.4 Å². The second-order valence-electron chi connectivity index (χ2n) is 4.62. The van der Waals surface area contributed by atoms with Gasteiger partial charge in [0, 0.05) is 23.1 Å². The molecule has 2 rings (SSSR count). The normalized spacial score (nSPS) is 10.9. The zero-order valence-corrected chi connectivity index (χ0v) is 15.4. The number of benzene rings is 1. The summed E-state index contributed by atoms with van der Waals surface area (Å²) < 4.78 is 9.98. The quantitative estimate of drug-likeness (QED) is 0.773. The summed E-state index contributed by atoms with van der Waals surface area (Å²) in [6, 6.07) is 5.88. The van der Waals surface area contributed by atoms with Crippen LogP contribution in [0.15, 0.2) is 27.1 Å². The van der Waals surface area contributed by atoms with Gasteiger partial charge in [-0.2, -0.15) is 5.10 Å². The fourth-order valence-corrected chi connectivity index (χ4v) is 3.24. The van der Waals surface area contributed by atoms with E-state index in [0.717, 1.165) is 44.6 Å². The minimum Gasteiger partial charge on any atom is -0.487 e. The first-order valence-corrected chi connectivity index (χ1v) is 8.54. The summed E-state index contributed by atoms with van der Waals surface area (Å²) in [5.74, 6) is 0.814. The third-order valence-corrected chi connectivity index (χ3v) is 4.71. The number of nitrogens with two attached hydrogens (primary N) is 1. The molecule has 0 saturated heterocycles. The van der Waals surface area contributed by atoms with Gasteiger partial charge in [-0.3, -0.25) is 4.68 Å². The van der Waals surface area contributed by atoms with Gasteiger partial charge in [0.25, 0.3) is 0 Å². The van der Waals surface area contributed by atoms with Crippen LogP contribution in [0.4, 0.5) is 0 Å². The molecule has 0 unspecified atom stereocenters. The number of ether oxygens (including phenoxy) is 1. The maximum atomic E-state index is 5.96. The standard InChI is InChI=1S/C15H19Br2N3O/c1-3-12-15(17)13(20(4-2)19-12)9-21-14-6-5-11(16)7-10(14)8-18/h5-7H,3-4,8-9,18H2,1-2H3. The van der Waals surface area contributed by atoms with Crippen molar-refractivity contribution in [1.29, 1.82) is 0 Å². The highest BCUT2D eigenvalue weighted by atomic mass is 79.9. The molecule has 2 N–H and O–H groups in total. The van der Waals surface area contributed by atoms with Crippen molar-refractivity contribution in [3.05, 3.63) is 44.1 Å². The predicted molar refractivity (Wildman–Crippen MR) is 91.3 cm³/mol. The Bertz CT molecular complexity index is 626. The number of aromatic nitrogens is 2. The molecule has 0 aliphatic heterocycles. The van der Waals surface area contributed by atoms with E-state index in [1.165, 1.54) is 0 Å². The summed E-state index contributed by atoms with van der Waals surface area (Å²) in [4.78, 5) is 0. The van der Waals surface area contributed by atoms with Crippen LogP contribution in [0.5, 0.6) is 5.75 Å². The van der Waals surface area contributed by atoms with E-state index in [9.17, 15) is 0 Å². The van der Waals surface area contributed by atoms with Crippen LogP contribution in [0.25, 0.3) is 0 Å². The molecular formula is C15H19Br2N3O. The number of hydrogen-bond acceptors (Lipinski definition) is 3. The number of rotatable bonds is 6. The van der Waals surface area contributed by atoms with Crippen LogP contribution in [0.3, 0.4) is 0 Å². The molecule has 2 aromatic rings. The molecule has 0 fully saturated rings. The molecule has 0 bridgehead atoms. The Kier molecular flexibility index (Phi) is 5.84. The number of aryl methyl sites for hydroxylation is 2. The Morgan fingerprint density at radius 3 is 2.67 bits per heavy atom. The molecule has 0 atom stereocenters. The van der Waals surface area contributed by atoms with Gasteiger partial charge in [-0.05, 0) is 47.5 Å².